The van der Waals surface area contributed by atoms with Crippen LogP contribution < -0.4 is 9.64 Å². The highest BCUT2D eigenvalue weighted by atomic mass is 32.2. The van der Waals surface area contributed by atoms with E-state index in [9.17, 15) is 13.2 Å². The van der Waals surface area contributed by atoms with Gasteiger partial charge in [-0.2, -0.15) is 13.2 Å². The summed E-state index contributed by atoms with van der Waals surface area (Å²) in [6.45, 7) is 2.10. The maximum Gasteiger partial charge on any atom is 0.422 e. The van der Waals surface area contributed by atoms with Crippen molar-refractivity contribution in [3.63, 3.8) is 0 Å². The van der Waals surface area contributed by atoms with Crippen molar-refractivity contribution in [1.29, 1.82) is 0 Å². The van der Waals surface area contributed by atoms with Gasteiger partial charge in [0.25, 0.3) is 0 Å². The second-order valence-electron chi connectivity index (χ2n) is 7.29. The van der Waals surface area contributed by atoms with Gasteiger partial charge in [-0.05, 0) is 23.3 Å². The SMILES string of the molecule is FC(F)(F)COc1cccc(CSc2nnc(N3CCOCC3)n2Cc2ccccc2)c1. The summed E-state index contributed by atoms with van der Waals surface area (Å²) < 4.78 is 49.7. The van der Waals surface area contributed by atoms with Crippen LogP contribution in [-0.4, -0.2) is 53.9 Å². The number of morpholine rings is 1. The smallest absolute Gasteiger partial charge is 0.422 e. The summed E-state index contributed by atoms with van der Waals surface area (Å²) in [5.41, 5.74) is 1.98. The van der Waals surface area contributed by atoms with Crippen LogP contribution in [0.2, 0.25) is 0 Å². The summed E-state index contributed by atoms with van der Waals surface area (Å²) in [5, 5.41) is 9.59. The van der Waals surface area contributed by atoms with E-state index in [-0.39, 0.29) is 5.75 Å². The molecule has 0 unspecified atom stereocenters. The minimum Gasteiger partial charge on any atom is -0.484 e. The third kappa shape index (κ3) is 6.17. The van der Waals surface area contributed by atoms with E-state index < -0.39 is 12.8 Å². The molecule has 1 aliphatic heterocycles. The minimum atomic E-state index is -4.37. The molecule has 0 atom stereocenters. The Labute approximate surface area is 188 Å². The molecule has 0 saturated carbocycles. The molecule has 170 valence electrons. The summed E-state index contributed by atoms with van der Waals surface area (Å²) in [5.74, 6) is 1.52. The van der Waals surface area contributed by atoms with Gasteiger partial charge < -0.3 is 14.4 Å². The second kappa shape index (κ2) is 10.3. The van der Waals surface area contributed by atoms with Gasteiger partial charge in [-0.25, -0.2) is 0 Å². The van der Waals surface area contributed by atoms with Crippen LogP contribution in [0.1, 0.15) is 11.1 Å². The number of anilines is 1. The Balaban J connectivity index is 1.50. The van der Waals surface area contributed by atoms with Crippen LogP contribution in [0.15, 0.2) is 59.8 Å². The Morgan fingerprint density at radius 2 is 1.72 bits per heavy atom. The lowest BCUT2D eigenvalue weighted by Crippen LogP contribution is -2.38. The molecule has 0 spiro atoms. The normalized spacial score (nSPS) is 14.5. The van der Waals surface area contributed by atoms with Gasteiger partial charge >= 0.3 is 6.18 Å². The molecule has 2 aromatic carbocycles. The fourth-order valence-electron chi connectivity index (χ4n) is 3.33. The van der Waals surface area contributed by atoms with Crippen LogP contribution in [0.25, 0.3) is 0 Å². The van der Waals surface area contributed by atoms with Crippen LogP contribution in [-0.2, 0) is 17.0 Å². The molecule has 1 aromatic heterocycles. The van der Waals surface area contributed by atoms with Gasteiger partial charge in [-0.15, -0.1) is 10.2 Å². The lowest BCUT2D eigenvalue weighted by molar-refractivity contribution is -0.153. The lowest BCUT2D eigenvalue weighted by atomic mass is 10.2. The van der Waals surface area contributed by atoms with Crippen molar-refractivity contribution < 1.29 is 22.6 Å². The molecule has 0 bridgehead atoms. The third-order valence-corrected chi connectivity index (χ3v) is 5.88. The fraction of sp³-hybridized carbons (Fsp3) is 0.364. The van der Waals surface area contributed by atoms with Crippen molar-refractivity contribution >= 4 is 17.7 Å². The molecule has 0 amide bonds. The predicted molar refractivity (Wildman–Crippen MR) is 116 cm³/mol. The summed E-state index contributed by atoms with van der Waals surface area (Å²) in [4.78, 5) is 2.16. The number of nitrogens with zero attached hydrogens (tertiary/aromatic N) is 4. The molecule has 0 N–H and O–H groups in total. The molecule has 1 fully saturated rings. The average Bonchev–Trinajstić information content (AvgIpc) is 3.20. The van der Waals surface area contributed by atoms with Crippen molar-refractivity contribution in [2.24, 2.45) is 0 Å². The maximum absolute atomic E-state index is 12.4. The van der Waals surface area contributed by atoms with Crippen molar-refractivity contribution in [1.82, 2.24) is 14.8 Å². The van der Waals surface area contributed by atoms with E-state index in [1.165, 1.54) is 17.8 Å². The highest BCUT2D eigenvalue weighted by Crippen LogP contribution is 2.28. The summed E-state index contributed by atoms with van der Waals surface area (Å²) in [6.07, 6.45) is -4.37. The van der Waals surface area contributed by atoms with Crippen LogP contribution in [0.3, 0.4) is 0 Å². The third-order valence-electron chi connectivity index (χ3n) is 4.84. The van der Waals surface area contributed by atoms with Crippen molar-refractivity contribution in [2.75, 3.05) is 37.8 Å². The Morgan fingerprint density at radius 1 is 0.969 bits per heavy atom. The first-order valence-electron chi connectivity index (χ1n) is 10.2. The van der Waals surface area contributed by atoms with Gasteiger partial charge in [-0.3, -0.25) is 4.57 Å². The largest absolute Gasteiger partial charge is 0.484 e. The zero-order chi connectivity index (χ0) is 22.4. The van der Waals surface area contributed by atoms with Gasteiger partial charge in [0.05, 0.1) is 19.8 Å². The molecule has 1 aliphatic rings. The molecule has 3 aromatic rings. The number of aromatic nitrogens is 3. The topological polar surface area (TPSA) is 52.4 Å². The predicted octanol–water partition coefficient (Wildman–Crippen LogP) is 4.40. The number of alkyl halides is 3. The number of thioether (sulfide) groups is 1. The number of hydrogen-bond acceptors (Lipinski definition) is 6. The molecular formula is C22H23F3N4O2S. The zero-order valence-electron chi connectivity index (χ0n) is 17.3. The van der Waals surface area contributed by atoms with Crippen molar-refractivity contribution in [3.05, 3.63) is 65.7 Å². The molecule has 4 rings (SSSR count). The number of benzene rings is 2. The first-order valence-corrected chi connectivity index (χ1v) is 11.2. The number of ether oxygens (including phenoxy) is 2. The van der Waals surface area contributed by atoms with Crippen LogP contribution in [0, 0.1) is 0 Å². The van der Waals surface area contributed by atoms with Crippen molar-refractivity contribution in [3.8, 4) is 5.75 Å². The molecule has 1 saturated heterocycles. The maximum atomic E-state index is 12.4. The highest BCUT2D eigenvalue weighted by molar-refractivity contribution is 7.98. The van der Waals surface area contributed by atoms with Gasteiger partial charge in [0, 0.05) is 18.8 Å². The lowest BCUT2D eigenvalue weighted by Gasteiger charge is -2.28. The Morgan fingerprint density at radius 3 is 2.47 bits per heavy atom. The number of halogens is 3. The van der Waals surface area contributed by atoms with Crippen LogP contribution >= 0.6 is 11.8 Å². The van der Waals surface area contributed by atoms with E-state index in [4.69, 9.17) is 9.47 Å². The van der Waals surface area contributed by atoms with Crippen LogP contribution in [0.5, 0.6) is 5.75 Å². The zero-order valence-corrected chi connectivity index (χ0v) is 18.1. The number of rotatable bonds is 8. The van der Waals surface area contributed by atoms with Crippen molar-refractivity contribution in [2.45, 2.75) is 23.6 Å². The molecule has 0 aliphatic carbocycles. The first-order chi connectivity index (χ1) is 15.5. The Kier molecular flexibility index (Phi) is 7.21. The van der Waals surface area contributed by atoms with E-state index in [0.29, 0.717) is 25.5 Å². The van der Waals surface area contributed by atoms with E-state index in [1.807, 2.05) is 24.3 Å². The van der Waals surface area contributed by atoms with E-state index in [0.717, 1.165) is 35.3 Å². The van der Waals surface area contributed by atoms with Gasteiger partial charge in [0.15, 0.2) is 11.8 Å². The average molecular weight is 465 g/mol. The second-order valence-corrected chi connectivity index (χ2v) is 8.24. The van der Waals surface area contributed by atoms with E-state index in [2.05, 4.69) is 31.8 Å². The standard InChI is InChI=1S/C22H23F3N4O2S/c23-22(24,25)16-31-19-8-4-7-18(13-19)15-32-21-27-26-20(28-9-11-30-12-10-28)29(21)14-17-5-2-1-3-6-17/h1-8,13H,9-12,14-16H2. The monoisotopic (exact) mass is 464 g/mol. The summed E-state index contributed by atoms with van der Waals surface area (Å²) >= 11 is 1.49. The Bertz CT molecular complexity index is 1010. The van der Waals surface area contributed by atoms with Gasteiger partial charge in [0.1, 0.15) is 5.75 Å². The molecular weight excluding hydrogens is 441 g/mol. The summed E-state index contributed by atoms with van der Waals surface area (Å²) in [6, 6.07) is 16.8. The molecule has 10 heteroatoms. The van der Waals surface area contributed by atoms with E-state index >= 15 is 0 Å². The van der Waals surface area contributed by atoms with Gasteiger partial charge in [0.2, 0.25) is 5.95 Å². The molecule has 6 nitrogen and oxygen atoms in total. The fourth-order valence-corrected chi connectivity index (χ4v) is 4.20. The van der Waals surface area contributed by atoms with E-state index in [1.54, 1.807) is 12.1 Å². The minimum absolute atomic E-state index is 0.195. The molecule has 2 heterocycles. The summed E-state index contributed by atoms with van der Waals surface area (Å²) in [7, 11) is 0. The quantitative estimate of drug-likeness (QED) is 0.461. The molecule has 32 heavy (non-hydrogen) atoms. The van der Waals surface area contributed by atoms with Crippen LogP contribution in [0.4, 0.5) is 19.1 Å². The Hall–Kier alpha value is -2.72. The van der Waals surface area contributed by atoms with Gasteiger partial charge in [-0.1, -0.05) is 54.2 Å². The first kappa shape index (κ1) is 22.5. The molecule has 0 radical (unpaired) electrons. The highest BCUT2D eigenvalue weighted by Gasteiger charge is 2.28. The number of hydrogen-bond donors (Lipinski definition) is 0.